The van der Waals surface area contributed by atoms with E-state index in [0.717, 1.165) is 12.2 Å². The normalized spacial score (nSPS) is 34.6. The average molecular weight is 237 g/mol. The standard InChI is InChI=1S/C6H6BrFN2O2/c7-4-1-2-6(8,9)5(3-4)10(11)12/h1-3,5H,9H2. The molecule has 2 unspecified atom stereocenters. The third-order valence-corrected chi connectivity index (χ3v) is 2.02. The van der Waals surface area contributed by atoms with Crippen LogP contribution < -0.4 is 5.73 Å². The number of halogens is 2. The lowest BCUT2D eigenvalue weighted by Crippen LogP contribution is -2.49. The number of rotatable bonds is 1. The van der Waals surface area contributed by atoms with Crippen molar-refractivity contribution < 1.29 is 9.31 Å². The zero-order valence-electron chi connectivity index (χ0n) is 5.91. The van der Waals surface area contributed by atoms with Gasteiger partial charge in [0.1, 0.15) is 0 Å². The molecule has 2 atom stereocenters. The summed E-state index contributed by atoms with van der Waals surface area (Å²) < 4.78 is 13.6. The number of nitrogens with zero attached hydrogens (tertiary/aromatic N) is 1. The van der Waals surface area contributed by atoms with Crippen LogP contribution in [0.4, 0.5) is 4.39 Å². The molecule has 0 bridgehead atoms. The molecule has 0 fully saturated rings. The van der Waals surface area contributed by atoms with Crippen LogP contribution in [0.25, 0.3) is 0 Å². The van der Waals surface area contributed by atoms with Crippen LogP contribution in [0.1, 0.15) is 0 Å². The van der Waals surface area contributed by atoms with Crippen molar-refractivity contribution in [1.29, 1.82) is 0 Å². The molecule has 0 heterocycles. The maximum atomic E-state index is 13.1. The van der Waals surface area contributed by atoms with E-state index in [1.807, 2.05) is 0 Å². The molecule has 0 aliphatic heterocycles. The highest BCUT2D eigenvalue weighted by Crippen LogP contribution is 2.25. The molecule has 0 saturated heterocycles. The molecule has 0 spiro atoms. The Balaban J connectivity index is 2.98. The number of alkyl halides is 1. The Kier molecular flexibility index (Phi) is 2.29. The van der Waals surface area contributed by atoms with Gasteiger partial charge < -0.3 is 0 Å². The van der Waals surface area contributed by atoms with Crippen molar-refractivity contribution in [3.05, 3.63) is 32.8 Å². The molecule has 6 heteroatoms. The minimum Gasteiger partial charge on any atom is -0.290 e. The van der Waals surface area contributed by atoms with Gasteiger partial charge in [0.15, 0.2) is 0 Å². The second kappa shape index (κ2) is 2.95. The van der Waals surface area contributed by atoms with Gasteiger partial charge in [-0.2, -0.15) is 0 Å². The highest BCUT2D eigenvalue weighted by atomic mass is 79.9. The van der Waals surface area contributed by atoms with Gasteiger partial charge in [0.2, 0.25) is 5.79 Å². The summed E-state index contributed by atoms with van der Waals surface area (Å²) in [6.07, 6.45) is 3.44. The lowest BCUT2D eigenvalue weighted by molar-refractivity contribution is -0.524. The SMILES string of the molecule is NC1(F)C=CC(Br)=CC1[N+](=O)[O-]. The topological polar surface area (TPSA) is 69.2 Å². The molecule has 0 saturated carbocycles. The number of nitro groups is 1. The van der Waals surface area contributed by atoms with Gasteiger partial charge in [0.05, 0.1) is 0 Å². The van der Waals surface area contributed by atoms with Crippen molar-refractivity contribution in [3.8, 4) is 0 Å². The van der Waals surface area contributed by atoms with E-state index >= 15 is 0 Å². The van der Waals surface area contributed by atoms with Gasteiger partial charge in [0.25, 0.3) is 6.04 Å². The fourth-order valence-corrected chi connectivity index (χ4v) is 1.24. The smallest absolute Gasteiger partial charge is 0.282 e. The zero-order valence-corrected chi connectivity index (χ0v) is 7.49. The van der Waals surface area contributed by atoms with E-state index in [1.165, 1.54) is 6.08 Å². The summed E-state index contributed by atoms with van der Waals surface area (Å²) in [5.74, 6) is -2.39. The molecule has 66 valence electrons. The quantitative estimate of drug-likeness (QED) is 0.421. The van der Waals surface area contributed by atoms with Gasteiger partial charge in [-0.3, -0.25) is 15.8 Å². The Morgan fingerprint density at radius 2 is 2.42 bits per heavy atom. The summed E-state index contributed by atoms with van der Waals surface area (Å²) in [6, 6.07) is -1.52. The van der Waals surface area contributed by atoms with Crippen molar-refractivity contribution in [2.24, 2.45) is 5.73 Å². The summed E-state index contributed by atoms with van der Waals surface area (Å²) >= 11 is 3.00. The van der Waals surface area contributed by atoms with Crippen LogP contribution in [-0.2, 0) is 0 Å². The molecule has 12 heavy (non-hydrogen) atoms. The molecule has 1 rings (SSSR count). The Bertz CT molecular complexity index is 275. The minimum atomic E-state index is -2.39. The van der Waals surface area contributed by atoms with Gasteiger partial charge >= 0.3 is 0 Å². The monoisotopic (exact) mass is 236 g/mol. The molecule has 4 nitrogen and oxygen atoms in total. The molecule has 1 aliphatic rings. The fourth-order valence-electron chi connectivity index (χ4n) is 0.862. The Labute approximate surface area is 76.2 Å². The first-order valence-electron chi connectivity index (χ1n) is 3.11. The van der Waals surface area contributed by atoms with Gasteiger partial charge in [-0.1, -0.05) is 15.9 Å². The molecule has 0 amide bonds. The molecule has 2 N–H and O–H groups in total. The third kappa shape index (κ3) is 1.70. The summed E-state index contributed by atoms with van der Waals surface area (Å²) in [5, 5.41) is 10.3. The number of hydrogen-bond acceptors (Lipinski definition) is 3. The van der Waals surface area contributed by atoms with Crippen molar-refractivity contribution in [2.75, 3.05) is 0 Å². The van der Waals surface area contributed by atoms with E-state index in [-0.39, 0.29) is 0 Å². The molecule has 0 aromatic carbocycles. The van der Waals surface area contributed by atoms with Crippen molar-refractivity contribution in [2.45, 2.75) is 11.8 Å². The van der Waals surface area contributed by atoms with Crippen LogP contribution in [-0.4, -0.2) is 16.8 Å². The van der Waals surface area contributed by atoms with Crippen LogP contribution in [0.3, 0.4) is 0 Å². The van der Waals surface area contributed by atoms with Crippen LogP contribution in [0.2, 0.25) is 0 Å². The van der Waals surface area contributed by atoms with Crippen molar-refractivity contribution >= 4 is 15.9 Å². The van der Waals surface area contributed by atoms with Crippen LogP contribution in [0.15, 0.2) is 22.7 Å². The Morgan fingerprint density at radius 1 is 1.83 bits per heavy atom. The Hall–Kier alpha value is -0.750. The molecule has 0 aromatic heterocycles. The lowest BCUT2D eigenvalue weighted by atomic mass is 10.0. The average Bonchev–Trinajstić information content (AvgIpc) is 1.94. The highest BCUT2D eigenvalue weighted by Gasteiger charge is 2.42. The van der Waals surface area contributed by atoms with E-state index in [0.29, 0.717) is 4.48 Å². The molecular formula is C6H6BrFN2O2. The van der Waals surface area contributed by atoms with Gasteiger partial charge in [-0.25, -0.2) is 4.39 Å². The largest absolute Gasteiger partial charge is 0.290 e. The lowest BCUT2D eigenvalue weighted by Gasteiger charge is -2.20. The maximum absolute atomic E-state index is 13.1. The van der Waals surface area contributed by atoms with Crippen LogP contribution in [0.5, 0.6) is 0 Å². The van der Waals surface area contributed by atoms with E-state index in [2.05, 4.69) is 15.9 Å². The van der Waals surface area contributed by atoms with E-state index < -0.39 is 16.8 Å². The highest BCUT2D eigenvalue weighted by molar-refractivity contribution is 9.11. The number of allylic oxidation sites excluding steroid dienone is 2. The van der Waals surface area contributed by atoms with E-state index in [9.17, 15) is 14.5 Å². The van der Waals surface area contributed by atoms with E-state index in [4.69, 9.17) is 5.73 Å². The fraction of sp³-hybridized carbons (Fsp3) is 0.333. The van der Waals surface area contributed by atoms with Gasteiger partial charge in [0, 0.05) is 15.5 Å². The van der Waals surface area contributed by atoms with Gasteiger partial charge in [-0.15, -0.1) is 0 Å². The predicted molar refractivity (Wildman–Crippen MR) is 45.0 cm³/mol. The predicted octanol–water partition coefficient (Wildman–Crippen LogP) is 1.10. The molecule has 0 aromatic rings. The van der Waals surface area contributed by atoms with Crippen LogP contribution in [0, 0.1) is 10.1 Å². The maximum Gasteiger partial charge on any atom is 0.282 e. The van der Waals surface area contributed by atoms with Crippen molar-refractivity contribution in [1.82, 2.24) is 0 Å². The van der Waals surface area contributed by atoms with Crippen molar-refractivity contribution in [3.63, 3.8) is 0 Å². The summed E-state index contributed by atoms with van der Waals surface area (Å²) in [7, 11) is 0. The first-order chi connectivity index (χ1) is 5.43. The molecule has 0 radical (unpaired) electrons. The van der Waals surface area contributed by atoms with E-state index in [1.54, 1.807) is 0 Å². The second-order valence-electron chi connectivity index (χ2n) is 2.44. The van der Waals surface area contributed by atoms with Gasteiger partial charge in [-0.05, 0) is 12.2 Å². The number of hydrogen-bond donors (Lipinski definition) is 1. The first kappa shape index (κ1) is 9.34. The molecular weight excluding hydrogens is 231 g/mol. The first-order valence-corrected chi connectivity index (χ1v) is 3.90. The third-order valence-electron chi connectivity index (χ3n) is 1.50. The Morgan fingerprint density at radius 3 is 2.83 bits per heavy atom. The summed E-state index contributed by atoms with van der Waals surface area (Å²) in [4.78, 5) is 9.54. The minimum absolute atomic E-state index is 0.461. The number of nitrogens with two attached hydrogens (primary N) is 1. The molecule has 1 aliphatic carbocycles. The zero-order chi connectivity index (χ0) is 9.35. The summed E-state index contributed by atoms with van der Waals surface area (Å²) in [6.45, 7) is 0. The second-order valence-corrected chi connectivity index (χ2v) is 3.36. The summed E-state index contributed by atoms with van der Waals surface area (Å²) in [5.41, 5.74) is 5.02. The van der Waals surface area contributed by atoms with Crippen LogP contribution >= 0.6 is 15.9 Å².